The van der Waals surface area contributed by atoms with Crippen LogP contribution < -0.4 is 14.8 Å². The fourth-order valence-electron chi connectivity index (χ4n) is 3.27. The quantitative estimate of drug-likeness (QED) is 0.428. The summed E-state index contributed by atoms with van der Waals surface area (Å²) in [5.41, 5.74) is 2.35. The summed E-state index contributed by atoms with van der Waals surface area (Å²) < 4.78 is 35.5. The number of benzene rings is 3. The van der Waals surface area contributed by atoms with Crippen molar-refractivity contribution in [3.63, 3.8) is 0 Å². The molecule has 4 aromatic rings. The number of hydrogen-bond donors (Lipinski definition) is 2. The van der Waals surface area contributed by atoms with Crippen LogP contribution in [0.5, 0.6) is 5.75 Å². The number of sulfonamides is 1. The molecule has 0 spiro atoms. The number of aromatic nitrogens is 2. The van der Waals surface area contributed by atoms with E-state index >= 15 is 0 Å². The predicted molar refractivity (Wildman–Crippen MR) is 126 cm³/mol. The number of hydrogen-bond acceptors (Lipinski definition) is 5. The molecule has 0 aliphatic heterocycles. The molecule has 0 aliphatic carbocycles. The van der Waals surface area contributed by atoms with E-state index in [9.17, 15) is 13.2 Å². The van der Waals surface area contributed by atoms with Gasteiger partial charge in [-0.05, 0) is 48.9 Å². The summed E-state index contributed by atoms with van der Waals surface area (Å²) >= 11 is 0. The first-order valence-electron chi connectivity index (χ1n) is 10.1. The van der Waals surface area contributed by atoms with Crippen LogP contribution in [0.15, 0.2) is 90.1 Å². The zero-order chi connectivity index (χ0) is 23.4. The Bertz CT molecular complexity index is 1400. The Morgan fingerprint density at radius 1 is 1.00 bits per heavy atom. The Morgan fingerprint density at radius 2 is 1.73 bits per heavy atom. The molecular weight excluding hydrogens is 440 g/mol. The van der Waals surface area contributed by atoms with Gasteiger partial charge in [0.05, 0.1) is 41.5 Å². The number of aryl methyl sites for hydroxylation is 1. The smallest absolute Gasteiger partial charge is 0.262 e. The number of ether oxygens (including phenoxy) is 1. The molecule has 0 aliphatic rings. The summed E-state index contributed by atoms with van der Waals surface area (Å²) in [5, 5.41) is 7.01. The van der Waals surface area contributed by atoms with Crippen LogP contribution in [-0.2, 0) is 10.0 Å². The van der Waals surface area contributed by atoms with Gasteiger partial charge in [-0.25, -0.2) is 13.1 Å². The Kier molecular flexibility index (Phi) is 6.14. The van der Waals surface area contributed by atoms with Gasteiger partial charge in [0.1, 0.15) is 5.75 Å². The molecule has 0 fully saturated rings. The molecule has 0 radical (unpaired) electrons. The maximum absolute atomic E-state index is 13.1. The molecule has 9 heteroatoms. The fraction of sp³-hybridized carbons (Fsp3) is 0.0833. The molecule has 33 heavy (non-hydrogen) atoms. The van der Waals surface area contributed by atoms with Crippen LogP contribution in [0.4, 0.5) is 11.4 Å². The number of nitrogens with one attached hydrogen (secondary N) is 2. The van der Waals surface area contributed by atoms with Gasteiger partial charge in [-0.2, -0.15) is 5.10 Å². The first-order chi connectivity index (χ1) is 15.9. The molecule has 2 N–H and O–H groups in total. The van der Waals surface area contributed by atoms with Crippen molar-refractivity contribution in [1.29, 1.82) is 0 Å². The van der Waals surface area contributed by atoms with E-state index < -0.39 is 15.9 Å². The number of carbonyl (C=O) groups excluding carboxylic acids is 1. The van der Waals surface area contributed by atoms with Gasteiger partial charge in [0.2, 0.25) is 0 Å². The highest BCUT2D eigenvalue weighted by molar-refractivity contribution is 7.92. The average molecular weight is 463 g/mol. The van der Waals surface area contributed by atoms with Crippen molar-refractivity contribution in [2.75, 3.05) is 17.1 Å². The molecule has 168 valence electrons. The van der Waals surface area contributed by atoms with Crippen molar-refractivity contribution in [3.05, 3.63) is 96.3 Å². The highest BCUT2D eigenvalue weighted by atomic mass is 32.2. The fourth-order valence-corrected chi connectivity index (χ4v) is 4.61. The maximum atomic E-state index is 13.1. The second kappa shape index (κ2) is 9.17. The van der Waals surface area contributed by atoms with Crippen molar-refractivity contribution in [2.24, 2.45) is 0 Å². The highest BCUT2D eigenvalue weighted by Crippen LogP contribution is 2.27. The summed E-state index contributed by atoms with van der Waals surface area (Å²) in [6.07, 6.45) is 3.21. The molecule has 1 heterocycles. The topological polar surface area (TPSA) is 102 Å². The lowest BCUT2D eigenvalue weighted by atomic mass is 10.1. The molecule has 0 unspecified atom stereocenters. The highest BCUT2D eigenvalue weighted by Gasteiger charge is 2.21. The third-order valence-corrected chi connectivity index (χ3v) is 6.46. The first kappa shape index (κ1) is 22.1. The van der Waals surface area contributed by atoms with E-state index in [1.165, 1.54) is 19.4 Å². The molecular formula is C24H22N4O4S. The zero-order valence-electron chi connectivity index (χ0n) is 18.0. The van der Waals surface area contributed by atoms with Crippen LogP contribution in [0, 0.1) is 6.92 Å². The van der Waals surface area contributed by atoms with Gasteiger partial charge in [0, 0.05) is 5.56 Å². The Balaban J connectivity index is 1.57. The SMILES string of the molecule is COc1ccccc1NS(=O)(=O)c1cc(C(=O)Nc2cnn(-c3ccccc3)c2)ccc1C. The molecule has 4 rings (SSSR count). The number of rotatable bonds is 7. The molecule has 0 saturated heterocycles. The normalized spacial score (nSPS) is 11.1. The molecule has 8 nitrogen and oxygen atoms in total. The summed E-state index contributed by atoms with van der Waals surface area (Å²) in [4.78, 5) is 12.8. The lowest BCUT2D eigenvalue weighted by Gasteiger charge is -2.14. The van der Waals surface area contributed by atoms with E-state index in [1.807, 2.05) is 30.3 Å². The van der Waals surface area contributed by atoms with Gasteiger partial charge in [-0.3, -0.25) is 9.52 Å². The van der Waals surface area contributed by atoms with Crippen molar-refractivity contribution < 1.29 is 17.9 Å². The van der Waals surface area contributed by atoms with Gasteiger partial charge in [-0.1, -0.05) is 36.4 Å². The largest absolute Gasteiger partial charge is 0.495 e. The number of methoxy groups -OCH3 is 1. The van der Waals surface area contributed by atoms with E-state index in [1.54, 1.807) is 54.2 Å². The Labute approximate surface area is 191 Å². The molecule has 0 saturated carbocycles. The molecule has 1 aromatic heterocycles. The van der Waals surface area contributed by atoms with Crippen LogP contribution >= 0.6 is 0 Å². The minimum atomic E-state index is -3.96. The molecule has 3 aromatic carbocycles. The third kappa shape index (κ3) is 4.88. The second-order valence-electron chi connectivity index (χ2n) is 7.25. The van der Waals surface area contributed by atoms with Crippen molar-refractivity contribution in [3.8, 4) is 11.4 Å². The van der Waals surface area contributed by atoms with E-state index in [2.05, 4.69) is 15.1 Å². The van der Waals surface area contributed by atoms with Crippen LogP contribution in [0.25, 0.3) is 5.69 Å². The van der Waals surface area contributed by atoms with Gasteiger partial charge in [0.25, 0.3) is 15.9 Å². The van der Waals surface area contributed by atoms with E-state index in [0.717, 1.165) is 5.69 Å². The lowest BCUT2D eigenvalue weighted by Crippen LogP contribution is -2.17. The maximum Gasteiger partial charge on any atom is 0.262 e. The summed E-state index contributed by atoms with van der Waals surface area (Å²) in [7, 11) is -2.50. The van der Waals surface area contributed by atoms with E-state index in [4.69, 9.17) is 4.74 Å². The average Bonchev–Trinajstić information content (AvgIpc) is 3.28. The van der Waals surface area contributed by atoms with Crippen LogP contribution in [0.1, 0.15) is 15.9 Å². The summed E-state index contributed by atoms with van der Waals surface area (Å²) in [6, 6.07) is 20.7. The predicted octanol–water partition coefficient (Wildman–Crippen LogP) is 4.24. The Morgan fingerprint density at radius 3 is 2.48 bits per heavy atom. The van der Waals surface area contributed by atoms with Crippen molar-refractivity contribution in [2.45, 2.75) is 11.8 Å². The third-order valence-electron chi connectivity index (χ3n) is 4.95. The Hall–Kier alpha value is -4.11. The van der Waals surface area contributed by atoms with Gasteiger partial charge in [-0.15, -0.1) is 0 Å². The number of nitrogens with zero attached hydrogens (tertiary/aromatic N) is 2. The van der Waals surface area contributed by atoms with E-state index in [-0.39, 0.29) is 10.5 Å². The second-order valence-corrected chi connectivity index (χ2v) is 8.90. The monoisotopic (exact) mass is 462 g/mol. The van der Waals surface area contributed by atoms with Gasteiger partial charge < -0.3 is 10.1 Å². The van der Waals surface area contributed by atoms with E-state index in [0.29, 0.717) is 22.7 Å². The zero-order valence-corrected chi connectivity index (χ0v) is 18.8. The van der Waals surface area contributed by atoms with Crippen molar-refractivity contribution >= 4 is 27.3 Å². The number of para-hydroxylation sites is 3. The lowest BCUT2D eigenvalue weighted by molar-refractivity contribution is 0.102. The summed E-state index contributed by atoms with van der Waals surface area (Å²) in [6.45, 7) is 1.67. The summed E-state index contributed by atoms with van der Waals surface area (Å²) in [5.74, 6) is -0.0561. The van der Waals surface area contributed by atoms with Crippen molar-refractivity contribution in [1.82, 2.24) is 9.78 Å². The minimum Gasteiger partial charge on any atom is -0.495 e. The van der Waals surface area contributed by atoms with Crippen LogP contribution in [0.3, 0.4) is 0 Å². The molecule has 0 bridgehead atoms. The number of amides is 1. The number of anilines is 2. The standard InChI is InChI=1S/C24H22N4O4S/c1-17-12-13-18(14-23(17)33(30,31)27-21-10-6-7-11-22(21)32-2)24(29)26-19-15-25-28(16-19)20-8-4-3-5-9-20/h3-16,27H,1-2H3,(H,26,29). The van der Waals surface area contributed by atoms with Gasteiger partial charge in [0.15, 0.2) is 0 Å². The van der Waals surface area contributed by atoms with Crippen LogP contribution in [0.2, 0.25) is 0 Å². The minimum absolute atomic E-state index is 0.000960. The number of carbonyl (C=O) groups is 1. The van der Waals surface area contributed by atoms with Gasteiger partial charge >= 0.3 is 0 Å². The first-order valence-corrected chi connectivity index (χ1v) is 11.5. The molecule has 0 atom stereocenters. The molecule has 1 amide bonds. The van der Waals surface area contributed by atoms with Crippen LogP contribution in [-0.4, -0.2) is 31.2 Å².